The fourth-order valence-electron chi connectivity index (χ4n) is 2.44. The van der Waals surface area contributed by atoms with Crippen molar-refractivity contribution in [2.45, 2.75) is 31.4 Å². The quantitative estimate of drug-likeness (QED) is 0.443. The van der Waals surface area contributed by atoms with E-state index in [9.17, 15) is 0 Å². The second-order valence-corrected chi connectivity index (χ2v) is 5.67. The molecule has 3 heterocycles. The van der Waals surface area contributed by atoms with Gasteiger partial charge in [-0.3, -0.25) is 5.43 Å². The molecule has 0 aromatic carbocycles. The van der Waals surface area contributed by atoms with E-state index in [1.165, 1.54) is 0 Å². The molecule has 22 heavy (non-hydrogen) atoms. The van der Waals surface area contributed by atoms with Crippen LogP contribution in [0.2, 0.25) is 0 Å². The monoisotopic (exact) mass is 341 g/mol. The highest BCUT2D eigenvalue weighted by Crippen LogP contribution is 2.33. The van der Waals surface area contributed by atoms with E-state index in [0.29, 0.717) is 30.1 Å². The Labute approximate surface area is 136 Å². The Morgan fingerprint density at radius 1 is 1.59 bits per heavy atom. The van der Waals surface area contributed by atoms with Gasteiger partial charge in [-0.05, 0) is 34.9 Å². The minimum atomic E-state index is -0.486. The van der Waals surface area contributed by atoms with Gasteiger partial charge in [0.1, 0.15) is 6.10 Å². The molecular formula is C11H15N7O2S2. The van der Waals surface area contributed by atoms with Gasteiger partial charge in [-0.1, -0.05) is 6.08 Å². The Morgan fingerprint density at radius 3 is 3.14 bits per heavy atom. The summed E-state index contributed by atoms with van der Waals surface area (Å²) in [5, 5.41) is 12.4. The molecule has 1 aromatic rings. The van der Waals surface area contributed by atoms with Gasteiger partial charge in [0, 0.05) is 6.42 Å². The minimum absolute atomic E-state index is 0.0812. The second kappa shape index (κ2) is 6.20. The highest BCUT2D eigenvalue weighted by Gasteiger charge is 2.44. The van der Waals surface area contributed by atoms with Crippen LogP contribution in [0.4, 0.5) is 0 Å². The lowest BCUT2D eigenvalue weighted by Gasteiger charge is -2.27. The fourth-order valence-corrected chi connectivity index (χ4v) is 2.77. The highest BCUT2D eigenvalue weighted by molar-refractivity contribution is 7.80. The molecule has 118 valence electrons. The first kappa shape index (κ1) is 15.2. The molecule has 11 heteroatoms. The Morgan fingerprint density at radius 2 is 2.41 bits per heavy atom. The third kappa shape index (κ3) is 2.79. The SMILES string of the molecule is C=CCn1nnn([C@@H]2CC(=NNC(N)=S)[C@H]3OC[C@@H]2O3)c1=S. The molecule has 0 amide bonds. The van der Waals surface area contributed by atoms with Crippen molar-refractivity contribution in [3.05, 3.63) is 17.4 Å². The lowest BCUT2D eigenvalue weighted by Crippen LogP contribution is -2.39. The summed E-state index contributed by atoms with van der Waals surface area (Å²) in [7, 11) is 0. The van der Waals surface area contributed by atoms with Gasteiger partial charge in [-0.25, -0.2) is 9.36 Å². The van der Waals surface area contributed by atoms with Crippen LogP contribution in [0.3, 0.4) is 0 Å². The number of fused-ring (bicyclic) bond motifs is 2. The Kier molecular flexibility index (Phi) is 4.29. The largest absolute Gasteiger partial charge is 0.375 e. The van der Waals surface area contributed by atoms with E-state index in [0.717, 1.165) is 0 Å². The molecule has 2 saturated heterocycles. The third-order valence-electron chi connectivity index (χ3n) is 3.42. The average molecular weight is 341 g/mol. The van der Waals surface area contributed by atoms with Crippen molar-refractivity contribution < 1.29 is 9.47 Å². The summed E-state index contributed by atoms with van der Waals surface area (Å²) in [6.07, 6.45) is 1.64. The number of tetrazole rings is 1. The van der Waals surface area contributed by atoms with Crippen LogP contribution in [-0.4, -0.2) is 49.6 Å². The molecule has 3 atom stereocenters. The molecule has 0 aliphatic carbocycles. The standard InChI is InChI=1S/C11H15N7O2S2/c1-2-3-17-11(22)18(16-15-17)7-4-6(13-14-10(12)21)9-19-5-8(7)20-9/h2,7-9H,1,3-5H2,(H3,12,14,21)/t7-,8+,9+/m1/s1. The predicted octanol–water partition coefficient (Wildman–Crippen LogP) is -0.129. The zero-order valence-electron chi connectivity index (χ0n) is 11.6. The molecular weight excluding hydrogens is 326 g/mol. The Bertz CT molecular complexity index is 682. The lowest BCUT2D eigenvalue weighted by atomic mass is 10.0. The zero-order valence-corrected chi connectivity index (χ0v) is 13.2. The number of hydrogen-bond donors (Lipinski definition) is 2. The van der Waals surface area contributed by atoms with Gasteiger partial charge >= 0.3 is 0 Å². The van der Waals surface area contributed by atoms with Crippen molar-refractivity contribution in [1.82, 2.24) is 25.2 Å². The maximum atomic E-state index is 5.79. The minimum Gasteiger partial charge on any atom is -0.375 e. The molecule has 0 spiro atoms. The molecule has 0 radical (unpaired) electrons. The maximum Gasteiger partial charge on any atom is 0.216 e. The van der Waals surface area contributed by atoms with E-state index in [2.05, 4.69) is 27.5 Å². The van der Waals surface area contributed by atoms with E-state index in [4.69, 9.17) is 39.6 Å². The number of thiocarbonyl (C=S) groups is 1. The molecule has 9 nitrogen and oxygen atoms in total. The maximum absolute atomic E-state index is 5.79. The van der Waals surface area contributed by atoms with E-state index in [-0.39, 0.29) is 17.3 Å². The molecule has 2 aliphatic rings. The Hall–Kier alpha value is -1.69. The molecule has 2 bridgehead atoms. The van der Waals surface area contributed by atoms with Gasteiger partial charge in [0.15, 0.2) is 11.4 Å². The van der Waals surface area contributed by atoms with Crippen molar-refractivity contribution in [2.24, 2.45) is 10.8 Å². The molecule has 3 rings (SSSR count). The lowest BCUT2D eigenvalue weighted by molar-refractivity contribution is -0.0324. The van der Waals surface area contributed by atoms with E-state index < -0.39 is 6.29 Å². The third-order valence-corrected chi connectivity index (χ3v) is 3.91. The van der Waals surface area contributed by atoms with Crippen LogP contribution in [0.15, 0.2) is 17.8 Å². The van der Waals surface area contributed by atoms with Crippen molar-refractivity contribution in [1.29, 1.82) is 0 Å². The highest BCUT2D eigenvalue weighted by atomic mass is 32.1. The molecule has 0 unspecified atom stereocenters. The van der Waals surface area contributed by atoms with Crippen LogP contribution >= 0.6 is 24.4 Å². The first-order valence-electron chi connectivity index (χ1n) is 6.62. The number of nitrogens with two attached hydrogens (primary N) is 1. The van der Waals surface area contributed by atoms with Gasteiger partial charge in [0.05, 0.1) is 24.9 Å². The summed E-state index contributed by atoms with van der Waals surface area (Å²) in [4.78, 5) is 0. The zero-order chi connectivity index (χ0) is 15.7. The fraction of sp³-hybridized carbons (Fsp3) is 0.545. The molecule has 2 fully saturated rings. The summed E-state index contributed by atoms with van der Waals surface area (Å²) in [6, 6.07) is -0.142. The van der Waals surface area contributed by atoms with Gasteiger partial charge < -0.3 is 15.2 Å². The number of aromatic nitrogens is 4. The van der Waals surface area contributed by atoms with Crippen LogP contribution in [0.1, 0.15) is 12.5 Å². The summed E-state index contributed by atoms with van der Waals surface area (Å²) < 4.78 is 15.1. The van der Waals surface area contributed by atoms with Crippen LogP contribution in [0, 0.1) is 4.77 Å². The van der Waals surface area contributed by atoms with Gasteiger partial charge in [0.25, 0.3) is 0 Å². The second-order valence-electron chi connectivity index (χ2n) is 4.87. The number of ether oxygens (including phenoxy) is 2. The number of nitrogens with one attached hydrogen (secondary N) is 1. The normalized spacial score (nSPS) is 28.7. The average Bonchev–Trinajstić information content (AvgIpc) is 3.06. The van der Waals surface area contributed by atoms with Gasteiger partial charge in [-0.2, -0.15) is 5.10 Å². The topological polar surface area (TPSA) is 105 Å². The number of rotatable bonds is 4. The Balaban J connectivity index is 1.87. The van der Waals surface area contributed by atoms with Crippen molar-refractivity contribution in [2.75, 3.05) is 6.61 Å². The molecule has 3 N–H and O–H groups in total. The van der Waals surface area contributed by atoms with Crippen LogP contribution < -0.4 is 11.2 Å². The van der Waals surface area contributed by atoms with E-state index in [1.807, 2.05) is 0 Å². The first-order chi connectivity index (χ1) is 10.6. The van der Waals surface area contributed by atoms with Crippen molar-refractivity contribution in [3.8, 4) is 0 Å². The van der Waals surface area contributed by atoms with Crippen LogP contribution in [0.5, 0.6) is 0 Å². The van der Waals surface area contributed by atoms with Crippen molar-refractivity contribution in [3.63, 3.8) is 0 Å². The summed E-state index contributed by atoms with van der Waals surface area (Å²) in [5.74, 6) is 0. The van der Waals surface area contributed by atoms with E-state index >= 15 is 0 Å². The number of nitrogens with zero attached hydrogens (tertiary/aromatic N) is 5. The molecule has 2 aliphatic heterocycles. The summed E-state index contributed by atoms with van der Waals surface area (Å²) in [5.41, 5.74) is 8.60. The smallest absolute Gasteiger partial charge is 0.216 e. The number of hydrogen-bond acceptors (Lipinski definition) is 7. The summed E-state index contributed by atoms with van der Waals surface area (Å²) in [6.45, 7) is 4.61. The van der Waals surface area contributed by atoms with Crippen LogP contribution in [-0.2, 0) is 16.0 Å². The predicted molar refractivity (Wildman–Crippen MR) is 84.7 cm³/mol. The van der Waals surface area contributed by atoms with Crippen molar-refractivity contribution >= 4 is 35.3 Å². The molecule has 1 aromatic heterocycles. The van der Waals surface area contributed by atoms with Gasteiger partial charge in [0.2, 0.25) is 4.77 Å². The number of hydrazone groups is 1. The van der Waals surface area contributed by atoms with Crippen LogP contribution in [0.25, 0.3) is 0 Å². The molecule has 0 saturated carbocycles. The number of allylic oxidation sites excluding steroid dienone is 1. The van der Waals surface area contributed by atoms with E-state index in [1.54, 1.807) is 15.4 Å². The van der Waals surface area contributed by atoms with Gasteiger partial charge in [-0.15, -0.1) is 6.58 Å². The summed E-state index contributed by atoms with van der Waals surface area (Å²) >= 11 is 10.1. The first-order valence-corrected chi connectivity index (χ1v) is 7.44.